The maximum atomic E-state index is 3.74. The third-order valence-corrected chi connectivity index (χ3v) is 2.90. The third-order valence-electron chi connectivity index (χ3n) is 2.90. The van der Waals surface area contributed by atoms with Crippen LogP contribution in [-0.4, -0.2) is 23.5 Å². The Morgan fingerprint density at radius 3 is 1.93 bits per heavy atom. The maximum absolute atomic E-state index is 3.74. The van der Waals surface area contributed by atoms with Gasteiger partial charge in [0.15, 0.2) is 0 Å². The fraction of sp³-hybridized carbons (Fsp3) is 0.857. The zero-order chi connectivity index (χ0) is 11.7. The molecule has 0 N–H and O–H groups in total. The lowest BCUT2D eigenvalue weighted by molar-refractivity contribution is 0.171. The Balaban J connectivity index is 3.50. The van der Waals surface area contributed by atoms with E-state index < -0.39 is 0 Å². The van der Waals surface area contributed by atoms with Crippen molar-refractivity contribution in [2.75, 3.05) is 6.54 Å². The van der Waals surface area contributed by atoms with Gasteiger partial charge in [-0.1, -0.05) is 18.9 Å². The van der Waals surface area contributed by atoms with E-state index in [1.165, 1.54) is 38.6 Å². The second-order valence-electron chi connectivity index (χ2n) is 4.92. The van der Waals surface area contributed by atoms with Gasteiger partial charge in [-0.05, 0) is 53.5 Å². The first-order valence-electron chi connectivity index (χ1n) is 6.46. The van der Waals surface area contributed by atoms with Gasteiger partial charge in [-0.3, -0.25) is 4.90 Å². The van der Waals surface area contributed by atoms with Crippen LogP contribution in [0, 0.1) is 0 Å². The molecule has 1 heteroatoms. The van der Waals surface area contributed by atoms with E-state index in [9.17, 15) is 0 Å². The maximum Gasteiger partial charge on any atom is 0.00412 e. The molecule has 0 rings (SSSR count). The molecule has 0 aromatic rings. The van der Waals surface area contributed by atoms with Crippen LogP contribution < -0.4 is 0 Å². The van der Waals surface area contributed by atoms with Crippen molar-refractivity contribution in [1.29, 1.82) is 0 Å². The smallest absolute Gasteiger partial charge is 0.00412 e. The van der Waals surface area contributed by atoms with Crippen LogP contribution in [0.5, 0.6) is 0 Å². The zero-order valence-corrected chi connectivity index (χ0v) is 11.1. The largest absolute Gasteiger partial charge is 0.299 e. The number of allylic oxidation sites excluding steroid dienone is 1. The minimum atomic E-state index is 0.679. The van der Waals surface area contributed by atoms with Crippen molar-refractivity contribution in [2.45, 2.75) is 71.9 Å². The molecule has 0 aliphatic heterocycles. The highest BCUT2D eigenvalue weighted by Gasteiger charge is 2.11. The highest BCUT2D eigenvalue weighted by molar-refractivity contribution is 4.68. The molecule has 0 spiro atoms. The highest BCUT2D eigenvalue weighted by atomic mass is 15.2. The molecule has 0 saturated carbocycles. The summed E-state index contributed by atoms with van der Waals surface area (Å²) in [5.74, 6) is 0. The van der Waals surface area contributed by atoms with Crippen LogP contribution in [0.2, 0.25) is 0 Å². The summed E-state index contributed by atoms with van der Waals surface area (Å²) in [4.78, 5) is 2.58. The van der Waals surface area contributed by atoms with E-state index in [4.69, 9.17) is 0 Å². The van der Waals surface area contributed by atoms with Crippen LogP contribution in [-0.2, 0) is 0 Å². The summed E-state index contributed by atoms with van der Waals surface area (Å²) in [5.41, 5.74) is 0. The van der Waals surface area contributed by atoms with Crippen molar-refractivity contribution >= 4 is 0 Å². The van der Waals surface area contributed by atoms with Gasteiger partial charge in [0.25, 0.3) is 0 Å². The molecule has 0 fully saturated rings. The van der Waals surface area contributed by atoms with E-state index in [0.29, 0.717) is 12.1 Å². The Labute approximate surface area is 96.6 Å². The Morgan fingerprint density at radius 1 is 0.933 bits per heavy atom. The molecule has 0 aliphatic carbocycles. The lowest BCUT2D eigenvalue weighted by Crippen LogP contribution is -2.37. The van der Waals surface area contributed by atoms with Gasteiger partial charge < -0.3 is 0 Å². The van der Waals surface area contributed by atoms with E-state index in [2.05, 4.69) is 39.2 Å². The van der Waals surface area contributed by atoms with Crippen LogP contribution in [0.15, 0.2) is 12.7 Å². The quantitative estimate of drug-likeness (QED) is 0.407. The summed E-state index contributed by atoms with van der Waals surface area (Å²) in [6.45, 7) is 14.2. The topological polar surface area (TPSA) is 3.24 Å². The van der Waals surface area contributed by atoms with Gasteiger partial charge in [0.2, 0.25) is 0 Å². The molecular weight excluding hydrogens is 182 g/mol. The lowest BCUT2D eigenvalue weighted by atomic mass is 10.1. The molecule has 0 aromatic carbocycles. The van der Waals surface area contributed by atoms with Crippen LogP contribution in [0.4, 0.5) is 0 Å². The zero-order valence-electron chi connectivity index (χ0n) is 11.1. The highest BCUT2D eigenvalue weighted by Crippen LogP contribution is 2.09. The minimum absolute atomic E-state index is 0.679. The van der Waals surface area contributed by atoms with Gasteiger partial charge in [0.1, 0.15) is 0 Å². The van der Waals surface area contributed by atoms with Crippen molar-refractivity contribution < 1.29 is 0 Å². The molecular formula is C14H29N. The molecule has 90 valence electrons. The predicted molar refractivity (Wildman–Crippen MR) is 70.3 cm³/mol. The first-order valence-corrected chi connectivity index (χ1v) is 6.46. The fourth-order valence-corrected chi connectivity index (χ4v) is 2.05. The van der Waals surface area contributed by atoms with Crippen molar-refractivity contribution in [2.24, 2.45) is 0 Å². The molecule has 0 heterocycles. The van der Waals surface area contributed by atoms with Gasteiger partial charge >= 0.3 is 0 Å². The van der Waals surface area contributed by atoms with E-state index >= 15 is 0 Å². The summed E-state index contributed by atoms with van der Waals surface area (Å²) in [6, 6.07) is 1.36. The Bertz CT molecular complexity index is 141. The molecule has 0 aromatic heterocycles. The first kappa shape index (κ1) is 14.7. The third kappa shape index (κ3) is 7.61. The number of nitrogens with zero attached hydrogens (tertiary/aromatic N) is 1. The van der Waals surface area contributed by atoms with Gasteiger partial charge in [-0.25, -0.2) is 0 Å². The van der Waals surface area contributed by atoms with E-state index in [1.54, 1.807) is 0 Å². The molecule has 0 radical (unpaired) electrons. The number of hydrogen-bond donors (Lipinski definition) is 0. The molecule has 0 bridgehead atoms. The van der Waals surface area contributed by atoms with Crippen molar-refractivity contribution in [3.63, 3.8) is 0 Å². The standard InChI is InChI=1S/C14H29N/c1-6-7-8-9-10-11-12-15(13(2)3)14(4)5/h6,13-14H,1,7-12H2,2-5H3. The molecule has 1 nitrogen and oxygen atoms in total. The number of unbranched alkanes of at least 4 members (excludes halogenated alkanes) is 4. The molecule has 0 aliphatic rings. The molecule has 15 heavy (non-hydrogen) atoms. The van der Waals surface area contributed by atoms with E-state index in [0.717, 1.165) is 0 Å². The lowest BCUT2D eigenvalue weighted by Gasteiger charge is -2.30. The summed E-state index contributed by atoms with van der Waals surface area (Å²) in [7, 11) is 0. The van der Waals surface area contributed by atoms with Crippen LogP contribution >= 0.6 is 0 Å². The molecule has 0 atom stereocenters. The normalized spacial score (nSPS) is 11.7. The van der Waals surface area contributed by atoms with Crippen molar-refractivity contribution in [1.82, 2.24) is 4.90 Å². The predicted octanol–water partition coefficient (Wildman–Crippen LogP) is 4.24. The monoisotopic (exact) mass is 211 g/mol. The van der Waals surface area contributed by atoms with Crippen molar-refractivity contribution in [3.05, 3.63) is 12.7 Å². The van der Waals surface area contributed by atoms with Crippen molar-refractivity contribution in [3.8, 4) is 0 Å². The Hall–Kier alpha value is -0.300. The van der Waals surface area contributed by atoms with Gasteiger partial charge in [0, 0.05) is 12.1 Å². The van der Waals surface area contributed by atoms with Crippen LogP contribution in [0.25, 0.3) is 0 Å². The van der Waals surface area contributed by atoms with E-state index in [-0.39, 0.29) is 0 Å². The summed E-state index contributed by atoms with van der Waals surface area (Å²) < 4.78 is 0. The second kappa shape index (κ2) is 8.96. The second-order valence-corrected chi connectivity index (χ2v) is 4.92. The summed E-state index contributed by atoms with van der Waals surface area (Å²) in [6.07, 6.45) is 8.58. The van der Waals surface area contributed by atoms with Crippen LogP contribution in [0.3, 0.4) is 0 Å². The Morgan fingerprint density at radius 2 is 1.47 bits per heavy atom. The minimum Gasteiger partial charge on any atom is -0.299 e. The number of hydrogen-bond acceptors (Lipinski definition) is 1. The summed E-state index contributed by atoms with van der Waals surface area (Å²) in [5, 5.41) is 0. The van der Waals surface area contributed by atoms with Gasteiger partial charge in [-0.15, -0.1) is 6.58 Å². The molecule has 0 unspecified atom stereocenters. The molecule has 0 amide bonds. The fourth-order valence-electron chi connectivity index (χ4n) is 2.05. The Kier molecular flexibility index (Phi) is 8.79. The first-order chi connectivity index (χ1) is 7.09. The average Bonchev–Trinajstić information content (AvgIpc) is 2.15. The average molecular weight is 211 g/mol. The SMILES string of the molecule is C=CCCCCCCN(C(C)C)C(C)C. The van der Waals surface area contributed by atoms with Gasteiger partial charge in [-0.2, -0.15) is 0 Å². The van der Waals surface area contributed by atoms with Crippen LogP contribution in [0.1, 0.15) is 59.8 Å². The summed E-state index contributed by atoms with van der Waals surface area (Å²) >= 11 is 0. The number of rotatable bonds is 9. The molecule has 0 saturated heterocycles. The van der Waals surface area contributed by atoms with E-state index in [1.807, 2.05) is 6.08 Å². The van der Waals surface area contributed by atoms with Gasteiger partial charge in [0.05, 0.1) is 0 Å².